The van der Waals surface area contributed by atoms with Gasteiger partial charge in [-0.2, -0.15) is 0 Å². The number of Topliss-reactive ketones (excluding diaryl/α,β-unsaturated/α-hetero) is 1. The Morgan fingerprint density at radius 2 is 1.88 bits per heavy atom. The van der Waals surface area contributed by atoms with Crippen LogP contribution in [0.2, 0.25) is 5.02 Å². The second-order valence-electron chi connectivity index (χ2n) is 4.75. The van der Waals surface area contributed by atoms with Crippen molar-refractivity contribution in [3.8, 4) is 0 Å². The van der Waals surface area contributed by atoms with E-state index < -0.39 is 0 Å². The standard InChI is InChI=1S/C14H17ClO2/c1-10-7-11(9-12(15)8-10)14(17-2)5-3-13(16)4-6-14/h7-9H,3-6H2,1-2H3. The maximum atomic E-state index is 11.4. The molecule has 0 spiro atoms. The zero-order valence-electron chi connectivity index (χ0n) is 10.3. The summed E-state index contributed by atoms with van der Waals surface area (Å²) in [5, 5.41) is 0.730. The molecule has 92 valence electrons. The lowest BCUT2D eigenvalue weighted by molar-refractivity contribution is -0.127. The van der Waals surface area contributed by atoms with Gasteiger partial charge in [0.05, 0.1) is 5.60 Å². The highest BCUT2D eigenvalue weighted by molar-refractivity contribution is 6.30. The molecule has 2 rings (SSSR count). The van der Waals surface area contributed by atoms with Crippen LogP contribution in [0.5, 0.6) is 0 Å². The fourth-order valence-electron chi connectivity index (χ4n) is 2.54. The molecule has 0 unspecified atom stereocenters. The summed E-state index contributed by atoms with van der Waals surface area (Å²) in [5.74, 6) is 0.330. The van der Waals surface area contributed by atoms with Crippen molar-refractivity contribution in [2.45, 2.75) is 38.2 Å². The van der Waals surface area contributed by atoms with Crippen LogP contribution in [0.1, 0.15) is 36.8 Å². The van der Waals surface area contributed by atoms with E-state index >= 15 is 0 Å². The van der Waals surface area contributed by atoms with Gasteiger partial charge in [0.15, 0.2) is 0 Å². The molecule has 0 atom stereocenters. The number of carbonyl (C=O) groups excluding carboxylic acids is 1. The van der Waals surface area contributed by atoms with E-state index in [9.17, 15) is 4.79 Å². The highest BCUT2D eigenvalue weighted by atomic mass is 35.5. The third kappa shape index (κ3) is 2.53. The first-order valence-electron chi connectivity index (χ1n) is 5.90. The first-order valence-corrected chi connectivity index (χ1v) is 6.28. The minimum absolute atomic E-state index is 0.330. The topological polar surface area (TPSA) is 26.3 Å². The van der Waals surface area contributed by atoms with Gasteiger partial charge in [0, 0.05) is 25.0 Å². The Balaban J connectivity index is 2.37. The number of hydrogen-bond donors (Lipinski definition) is 0. The normalized spacial score (nSPS) is 19.4. The Kier molecular flexibility index (Phi) is 3.55. The molecule has 1 aromatic carbocycles. The average Bonchev–Trinajstić information content (AvgIpc) is 2.29. The van der Waals surface area contributed by atoms with Crippen molar-refractivity contribution in [2.75, 3.05) is 7.11 Å². The van der Waals surface area contributed by atoms with Crippen LogP contribution in [-0.2, 0) is 15.1 Å². The Bertz CT molecular complexity index is 410. The van der Waals surface area contributed by atoms with Crippen molar-refractivity contribution in [2.24, 2.45) is 0 Å². The van der Waals surface area contributed by atoms with E-state index in [1.807, 2.05) is 19.1 Å². The van der Waals surface area contributed by atoms with Gasteiger partial charge in [-0.25, -0.2) is 0 Å². The quantitative estimate of drug-likeness (QED) is 0.803. The van der Waals surface area contributed by atoms with Gasteiger partial charge in [0.25, 0.3) is 0 Å². The number of benzene rings is 1. The predicted molar refractivity (Wildman–Crippen MR) is 68.4 cm³/mol. The van der Waals surface area contributed by atoms with Crippen LogP contribution in [0.25, 0.3) is 0 Å². The number of carbonyl (C=O) groups is 1. The van der Waals surface area contributed by atoms with Gasteiger partial charge in [-0.05, 0) is 43.0 Å². The summed E-state index contributed by atoms with van der Waals surface area (Å²) in [6.45, 7) is 2.02. The van der Waals surface area contributed by atoms with E-state index in [1.165, 1.54) is 0 Å². The molecule has 17 heavy (non-hydrogen) atoms. The fourth-order valence-corrected chi connectivity index (χ4v) is 2.83. The highest BCUT2D eigenvalue weighted by Crippen LogP contribution is 2.40. The first-order chi connectivity index (χ1) is 8.05. The predicted octanol–water partition coefficient (Wildman–Crippen LogP) is 3.63. The number of aryl methyl sites for hydroxylation is 1. The SMILES string of the molecule is COC1(c2cc(C)cc(Cl)c2)CCC(=O)CC1. The number of halogens is 1. The summed E-state index contributed by atoms with van der Waals surface area (Å²) in [6, 6.07) is 5.99. The Hall–Kier alpha value is -0.860. The molecule has 1 saturated carbocycles. The van der Waals surface area contributed by atoms with Crippen molar-refractivity contribution < 1.29 is 9.53 Å². The van der Waals surface area contributed by atoms with Gasteiger partial charge in [-0.15, -0.1) is 0 Å². The summed E-state index contributed by atoms with van der Waals surface area (Å²) in [4.78, 5) is 11.4. The number of rotatable bonds is 2. The molecule has 0 amide bonds. The van der Waals surface area contributed by atoms with E-state index in [2.05, 4.69) is 6.07 Å². The van der Waals surface area contributed by atoms with Crippen LogP contribution >= 0.6 is 11.6 Å². The third-order valence-electron chi connectivity index (χ3n) is 3.57. The van der Waals surface area contributed by atoms with Crippen molar-refractivity contribution in [1.82, 2.24) is 0 Å². The number of ketones is 1. The first kappa shape index (κ1) is 12.6. The summed E-state index contributed by atoms with van der Waals surface area (Å²) < 4.78 is 5.71. The second-order valence-corrected chi connectivity index (χ2v) is 5.19. The van der Waals surface area contributed by atoms with Gasteiger partial charge in [-0.1, -0.05) is 17.7 Å². The van der Waals surface area contributed by atoms with Crippen LogP contribution in [0, 0.1) is 6.92 Å². The molecule has 0 bridgehead atoms. The van der Waals surface area contributed by atoms with Crippen molar-refractivity contribution in [1.29, 1.82) is 0 Å². The molecule has 1 aliphatic carbocycles. The molecular weight excluding hydrogens is 236 g/mol. The van der Waals surface area contributed by atoms with Crippen molar-refractivity contribution in [3.05, 3.63) is 34.3 Å². The molecule has 0 aliphatic heterocycles. The van der Waals surface area contributed by atoms with Gasteiger partial charge in [0.2, 0.25) is 0 Å². The Labute approximate surface area is 107 Å². The molecule has 1 aromatic rings. The zero-order valence-corrected chi connectivity index (χ0v) is 11.0. The molecule has 0 radical (unpaired) electrons. The van der Waals surface area contributed by atoms with Gasteiger partial charge < -0.3 is 4.74 Å². The van der Waals surface area contributed by atoms with Gasteiger partial charge >= 0.3 is 0 Å². The van der Waals surface area contributed by atoms with E-state index in [1.54, 1.807) is 7.11 Å². The van der Waals surface area contributed by atoms with E-state index in [-0.39, 0.29) is 5.60 Å². The van der Waals surface area contributed by atoms with Crippen molar-refractivity contribution >= 4 is 17.4 Å². The fraction of sp³-hybridized carbons (Fsp3) is 0.500. The zero-order chi connectivity index (χ0) is 12.5. The lowest BCUT2D eigenvalue weighted by Crippen LogP contribution is -2.33. The summed E-state index contributed by atoms with van der Waals surface area (Å²) >= 11 is 6.09. The molecular formula is C14H17ClO2. The Morgan fingerprint density at radius 1 is 1.24 bits per heavy atom. The lowest BCUT2D eigenvalue weighted by atomic mass is 9.78. The maximum absolute atomic E-state index is 11.4. The molecule has 2 nitrogen and oxygen atoms in total. The minimum Gasteiger partial charge on any atom is -0.374 e. The van der Waals surface area contributed by atoms with Crippen molar-refractivity contribution in [3.63, 3.8) is 0 Å². The maximum Gasteiger partial charge on any atom is 0.133 e. The molecule has 1 aliphatic rings. The van der Waals surface area contributed by atoms with Crippen LogP contribution in [-0.4, -0.2) is 12.9 Å². The molecule has 1 fully saturated rings. The minimum atomic E-state index is -0.330. The van der Waals surface area contributed by atoms with Crippen LogP contribution in [0.15, 0.2) is 18.2 Å². The molecule has 0 N–H and O–H groups in total. The van der Waals surface area contributed by atoms with Crippen LogP contribution < -0.4 is 0 Å². The number of hydrogen-bond acceptors (Lipinski definition) is 2. The van der Waals surface area contributed by atoms with Crippen LogP contribution in [0.4, 0.5) is 0 Å². The molecule has 0 saturated heterocycles. The summed E-state index contributed by atoms with van der Waals surface area (Å²) in [7, 11) is 1.71. The molecule has 0 heterocycles. The molecule has 3 heteroatoms. The summed E-state index contributed by atoms with van der Waals surface area (Å²) in [5.41, 5.74) is 1.89. The molecule has 0 aromatic heterocycles. The number of methoxy groups -OCH3 is 1. The lowest BCUT2D eigenvalue weighted by Gasteiger charge is -2.36. The van der Waals surface area contributed by atoms with E-state index in [4.69, 9.17) is 16.3 Å². The second kappa shape index (κ2) is 4.79. The Morgan fingerprint density at radius 3 is 2.41 bits per heavy atom. The van der Waals surface area contributed by atoms with Gasteiger partial charge in [-0.3, -0.25) is 4.79 Å². The monoisotopic (exact) mass is 252 g/mol. The summed E-state index contributed by atoms with van der Waals surface area (Å²) in [6.07, 6.45) is 2.70. The van der Waals surface area contributed by atoms with Crippen LogP contribution in [0.3, 0.4) is 0 Å². The largest absolute Gasteiger partial charge is 0.374 e. The van der Waals surface area contributed by atoms with Gasteiger partial charge in [0.1, 0.15) is 5.78 Å². The smallest absolute Gasteiger partial charge is 0.133 e. The highest BCUT2D eigenvalue weighted by Gasteiger charge is 2.36. The third-order valence-corrected chi connectivity index (χ3v) is 3.79. The van der Waals surface area contributed by atoms with E-state index in [0.29, 0.717) is 18.6 Å². The number of ether oxygens (including phenoxy) is 1. The average molecular weight is 253 g/mol. The van der Waals surface area contributed by atoms with E-state index in [0.717, 1.165) is 29.0 Å².